The molecular weight excluding hydrogens is 789 g/mol. The van der Waals surface area contributed by atoms with Crippen molar-refractivity contribution >= 4 is 60.4 Å². The Balaban J connectivity index is 0.953. The Kier molecular flexibility index (Phi) is 8.40. The second-order valence-corrected chi connectivity index (χ2v) is 16.9. The van der Waals surface area contributed by atoms with Crippen LogP contribution in [0, 0.1) is 0 Å². The van der Waals surface area contributed by atoms with Crippen LogP contribution in [0.5, 0.6) is 0 Å². The van der Waals surface area contributed by atoms with Crippen LogP contribution in [0.3, 0.4) is 0 Å². The third kappa shape index (κ3) is 5.64. The fraction of sp³-hybridized carbons (Fsp3) is 0.0164. The summed E-state index contributed by atoms with van der Waals surface area (Å²) in [4.78, 5) is 12.5. The predicted octanol–water partition coefficient (Wildman–Crippen LogP) is 15.4. The van der Waals surface area contributed by atoms with E-state index in [1.54, 1.807) is 0 Å². The smallest absolute Gasteiger partial charge is 0.159 e. The average molecular weight is 829 g/mol. The molecule has 0 fully saturated rings. The number of hydrogen-bond acceptors (Lipinski definition) is 3. The molecule has 1 aliphatic rings. The molecule has 0 aliphatic heterocycles. The van der Waals surface area contributed by atoms with Gasteiger partial charge < -0.3 is 9.47 Å². The lowest BCUT2D eigenvalue weighted by Gasteiger charge is -2.34. The number of benzene rings is 10. The normalized spacial score (nSPS) is 12.7. The standard InChI is InChI=1S/C61H40N4/c1-3-21-44(22-4-1)61(45-23-5-2-6-24-45)54-29-13-11-27-50(54)51-35-34-46(38-55(51)61)64-58-30-14-12-28-52(58)53-37-43(33-36-59(53)64)60-62-39-47(40-63-60)65(56-31-15-19-41-17-7-9-25-48(41)56)57-32-16-20-42-18-8-10-26-49(42)57/h1-40H. The molecular formula is C61H40N4. The molecule has 4 heteroatoms. The van der Waals surface area contributed by atoms with Gasteiger partial charge in [-0.25, -0.2) is 9.97 Å². The predicted molar refractivity (Wildman–Crippen MR) is 269 cm³/mol. The molecule has 0 radical (unpaired) electrons. The number of anilines is 3. The zero-order chi connectivity index (χ0) is 42.9. The molecule has 0 saturated heterocycles. The maximum atomic E-state index is 5.11. The van der Waals surface area contributed by atoms with Crippen LogP contribution in [-0.2, 0) is 5.41 Å². The summed E-state index contributed by atoms with van der Waals surface area (Å²) >= 11 is 0. The van der Waals surface area contributed by atoms with Crippen molar-refractivity contribution in [1.29, 1.82) is 0 Å². The summed E-state index contributed by atoms with van der Waals surface area (Å²) in [6.07, 6.45) is 3.93. The van der Waals surface area contributed by atoms with Gasteiger partial charge in [-0.3, -0.25) is 0 Å². The van der Waals surface area contributed by atoms with E-state index in [1.165, 1.54) is 49.5 Å². The number of fused-ring (bicyclic) bond motifs is 8. The van der Waals surface area contributed by atoms with E-state index in [1.807, 2.05) is 12.4 Å². The zero-order valence-corrected chi connectivity index (χ0v) is 35.4. The summed E-state index contributed by atoms with van der Waals surface area (Å²) in [7, 11) is 0. The van der Waals surface area contributed by atoms with Gasteiger partial charge in [-0.05, 0) is 92.7 Å². The van der Waals surface area contributed by atoms with E-state index in [0.717, 1.165) is 55.5 Å². The fourth-order valence-electron chi connectivity index (χ4n) is 10.8. The highest BCUT2D eigenvalue weighted by Gasteiger charge is 2.46. The van der Waals surface area contributed by atoms with Crippen molar-refractivity contribution in [3.8, 4) is 28.2 Å². The van der Waals surface area contributed by atoms with E-state index in [2.05, 4.69) is 240 Å². The number of aromatic nitrogens is 3. The highest BCUT2D eigenvalue weighted by Crippen LogP contribution is 2.56. The van der Waals surface area contributed by atoms with E-state index in [0.29, 0.717) is 5.82 Å². The van der Waals surface area contributed by atoms with Crippen molar-refractivity contribution in [2.45, 2.75) is 5.41 Å². The van der Waals surface area contributed by atoms with Gasteiger partial charge in [0.05, 0.1) is 45.9 Å². The first kappa shape index (κ1) is 37.0. The summed E-state index contributed by atoms with van der Waals surface area (Å²) in [6, 6.07) is 83.5. The third-order valence-electron chi connectivity index (χ3n) is 13.5. The van der Waals surface area contributed by atoms with E-state index in [9.17, 15) is 0 Å². The maximum Gasteiger partial charge on any atom is 0.159 e. The van der Waals surface area contributed by atoms with Crippen LogP contribution < -0.4 is 4.90 Å². The monoisotopic (exact) mass is 828 g/mol. The molecule has 4 nitrogen and oxygen atoms in total. The van der Waals surface area contributed by atoms with Crippen LogP contribution in [0.4, 0.5) is 17.1 Å². The summed E-state index contributed by atoms with van der Waals surface area (Å²) in [6.45, 7) is 0. The lowest BCUT2D eigenvalue weighted by Crippen LogP contribution is -2.28. The number of para-hydroxylation sites is 1. The molecule has 0 unspecified atom stereocenters. The molecule has 2 heterocycles. The molecule has 13 rings (SSSR count). The van der Waals surface area contributed by atoms with Crippen LogP contribution in [0.2, 0.25) is 0 Å². The van der Waals surface area contributed by atoms with Crippen LogP contribution in [0.15, 0.2) is 243 Å². The summed E-state index contributed by atoms with van der Waals surface area (Å²) < 4.78 is 2.43. The second-order valence-electron chi connectivity index (χ2n) is 16.9. The van der Waals surface area contributed by atoms with E-state index in [4.69, 9.17) is 9.97 Å². The molecule has 10 aromatic carbocycles. The van der Waals surface area contributed by atoms with Gasteiger partial charge in [0.1, 0.15) is 0 Å². The third-order valence-corrected chi connectivity index (χ3v) is 13.5. The molecule has 1 aliphatic carbocycles. The number of rotatable bonds is 7. The lowest BCUT2D eigenvalue weighted by atomic mass is 9.67. The van der Waals surface area contributed by atoms with Gasteiger partial charge in [-0.1, -0.05) is 182 Å². The highest BCUT2D eigenvalue weighted by atomic mass is 15.2. The number of hydrogen-bond donors (Lipinski definition) is 0. The van der Waals surface area contributed by atoms with Crippen molar-refractivity contribution in [2.24, 2.45) is 0 Å². The first-order valence-corrected chi connectivity index (χ1v) is 22.2. The molecule has 304 valence electrons. The largest absolute Gasteiger partial charge is 0.309 e. The molecule has 0 saturated carbocycles. The Morgan fingerprint density at radius 3 is 1.60 bits per heavy atom. The Labute approximate surface area is 377 Å². The van der Waals surface area contributed by atoms with E-state index in [-0.39, 0.29) is 0 Å². The van der Waals surface area contributed by atoms with Gasteiger partial charge in [-0.15, -0.1) is 0 Å². The topological polar surface area (TPSA) is 34.0 Å². The molecule has 0 spiro atoms. The van der Waals surface area contributed by atoms with Crippen LogP contribution >= 0.6 is 0 Å². The minimum absolute atomic E-state index is 0.489. The van der Waals surface area contributed by atoms with Crippen molar-refractivity contribution < 1.29 is 0 Å². The van der Waals surface area contributed by atoms with Gasteiger partial charge in [0.25, 0.3) is 0 Å². The molecule has 65 heavy (non-hydrogen) atoms. The van der Waals surface area contributed by atoms with Crippen molar-refractivity contribution in [2.75, 3.05) is 4.90 Å². The maximum absolute atomic E-state index is 5.11. The van der Waals surface area contributed by atoms with Gasteiger partial charge >= 0.3 is 0 Å². The van der Waals surface area contributed by atoms with Gasteiger partial charge in [0, 0.05) is 32.8 Å². The molecule has 0 bridgehead atoms. The minimum Gasteiger partial charge on any atom is -0.309 e. The average Bonchev–Trinajstić information content (AvgIpc) is 3.87. The van der Waals surface area contributed by atoms with Crippen LogP contribution in [0.25, 0.3) is 71.6 Å². The van der Waals surface area contributed by atoms with Crippen molar-refractivity contribution in [3.63, 3.8) is 0 Å². The summed E-state index contributed by atoms with van der Waals surface area (Å²) in [5, 5.41) is 7.01. The zero-order valence-electron chi connectivity index (χ0n) is 35.4. The molecule has 2 aromatic heterocycles. The van der Waals surface area contributed by atoms with Gasteiger partial charge in [0.15, 0.2) is 5.82 Å². The van der Waals surface area contributed by atoms with E-state index < -0.39 is 5.41 Å². The fourth-order valence-corrected chi connectivity index (χ4v) is 10.8. The van der Waals surface area contributed by atoms with Crippen LogP contribution in [-0.4, -0.2) is 14.5 Å². The SMILES string of the molecule is c1ccc(C2(c3ccccc3)c3ccccc3-c3ccc(-n4c5ccccc5c5cc(-c6ncc(N(c7cccc8ccccc78)c7cccc8ccccc78)cn6)ccc54)cc32)cc1. The molecule has 0 atom stereocenters. The Morgan fingerprint density at radius 2 is 0.923 bits per heavy atom. The highest BCUT2D eigenvalue weighted by molar-refractivity contribution is 6.11. The minimum atomic E-state index is -0.489. The lowest BCUT2D eigenvalue weighted by molar-refractivity contribution is 0.767. The van der Waals surface area contributed by atoms with E-state index >= 15 is 0 Å². The molecule has 12 aromatic rings. The van der Waals surface area contributed by atoms with Crippen molar-refractivity contribution in [3.05, 3.63) is 265 Å². The van der Waals surface area contributed by atoms with Gasteiger partial charge in [-0.2, -0.15) is 0 Å². The first-order chi connectivity index (χ1) is 32.3. The Hall–Kier alpha value is -8.60. The molecule has 0 N–H and O–H groups in total. The second kappa shape index (κ2) is 14.8. The summed E-state index contributed by atoms with van der Waals surface area (Å²) in [5.41, 5.74) is 14.5. The Morgan fingerprint density at radius 1 is 0.385 bits per heavy atom. The van der Waals surface area contributed by atoms with Gasteiger partial charge in [0.2, 0.25) is 0 Å². The first-order valence-electron chi connectivity index (χ1n) is 22.2. The van der Waals surface area contributed by atoms with Crippen LogP contribution in [0.1, 0.15) is 22.3 Å². The van der Waals surface area contributed by atoms with Crippen molar-refractivity contribution in [1.82, 2.24) is 14.5 Å². The summed E-state index contributed by atoms with van der Waals surface area (Å²) in [5.74, 6) is 0.675. The quantitative estimate of drug-likeness (QED) is 0.160. The molecule has 0 amide bonds. The number of nitrogens with zero attached hydrogens (tertiary/aromatic N) is 4. The Bertz CT molecular complexity index is 3650.